The van der Waals surface area contributed by atoms with Gasteiger partial charge in [-0.3, -0.25) is 14.4 Å². The Bertz CT molecular complexity index is 570. The number of esters is 3. The number of carbonyl (C=O) groups excluding carboxylic acids is 3. The summed E-state index contributed by atoms with van der Waals surface area (Å²) in [4.78, 5) is 36.5. The second kappa shape index (κ2) is 15.9. The Labute approximate surface area is 188 Å². The lowest BCUT2D eigenvalue weighted by atomic mass is 9.67. The molecule has 1 aliphatic rings. The Morgan fingerprint density at radius 2 is 1.10 bits per heavy atom. The minimum atomic E-state index is -0.488. The van der Waals surface area contributed by atoms with Crippen LogP contribution in [-0.4, -0.2) is 39.2 Å². The van der Waals surface area contributed by atoms with Gasteiger partial charge in [0, 0.05) is 6.42 Å². The van der Waals surface area contributed by atoms with Crippen LogP contribution in [0.2, 0.25) is 0 Å². The van der Waals surface area contributed by atoms with E-state index in [9.17, 15) is 14.4 Å². The van der Waals surface area contributed by atoms with E-state index in [4.69, 9.17) is 9.47 Å². The predicted octanol–water partition coefficient (Wildman–Crippen LogP) is 5.24. The lowest BCUT2D eigenvalue weighted by Gasteiger charge is -2.36. The van der Waals surface area contributed by atoms with E-state index < -0.39 is 11.8 Å². The van der Waals surface area contributed by atoms with Crippen molar-refractivity contribution < 1.29 is 28.6 Å². The molecule has 1 rings (SSSR count). The first-order chi connectivity index (χ1) is 15.0. The Hall–Kier alpha value is -1.85. The van der Waals surface area contributed by atoms with E-state index in [2.05, 4.69) is 23.8 Å². The molecule has 0 aromatic rings. The Morgan fingerprint density at radius 3 is 1.55 bits per heavy atom. The summed E-state index contributed by atoms with van der Waals surface area (Å²) in [5.41, 5.74) is 0. The fourth-order valence-corrected chi connectivity index (χ4v) is 4.61. The van der Waals surface area contributed by atoms with E-state index in [1.165, 1.54) is 27.8 Å². The second-order valence-electron chi connectivity index (χ2n) is 8.54. The number of hydrogen-bond donors (Lipinski definition) is 0. The number of allylic oxidation sites excluding steroid dienone is 2. The molecule has 0 amide bonds. The molecule has 0 radical (unpaired) electrons. The van der Waals surface area contributed by atoms with Crippen molar-refractivity contribution in [1.82, 2.24) is 0 Å². The fourth-order valence-electron chi connectivity index (χ4n) is 4.61. The van der Waals surface area contributed by atoms with Gasteiger partial charge in [0.05, 0.1) is 33.2 Å². The number of unbranched alkanes of at least 4 members (excludes halogenated alkanes) is 7. The van der Waals surface area contributed by atoms with Crippen molar-refractivity contribution in [2.24, 2.45) is 23.7 Å². The molecule has 0 aromatic carbocycles. The van der Waals surface area contributed by atoms with Crippen LogP contribution >= 0.6 is 0 Å². The van der Waals surface area contributed by atoms with Crippen molar-refractivity contribution in [2.75, 3.05) is 21.3 Å². The van der Waals surface area contributed by atoms with Gasteiger partial charge in [0.25, 0.3) is 0 Å². The molecule has 1 aliphatic carbocycles. The van der Waals surface area contributed by atoms with E-state index >= 15 is 0 Å². The zero-order valence-electron chi connectivity index (χ0n) is 19.9. The third kappa shape index (κ3) is 9.44. The molecular weight excluding hydrogens is 396 g/mol. The fraction of sp³-hybridized carbons (Fsp3) is 0.800. The van der Waals surface area contributed by atoms with Crippen LogP contribution in [0, 0.1) is 23.7 Å². The number of rotatable bonds is 15. The zero-order chi connectivity index (χ0) is 23.1. The van der Waals surface area contributed by atoms with Gasteiger partial charge in [-0.1, -0.05) is 70.4 Å². The van der Waals surface area contributed by atoms with Crippen molar-refractivity contribution in [3.63, 3.8) is 0 Å². The molecule has 4 unspecified atom stereocenters. The summed E-state index contributed by atoms with van der Waals surface area (Å²) in [5, 5.41) is 0. The average molecular weight is 439 g/mol. The molecule has 0 N–H and O–H groups in total. The Kier molecular flexibility index (Phi) is 13.9. The van der Waals surface area contributed by atoms with Crippen LogP contribution in [0.25, 0.3) is 0 Å². The van der Waals surface area contributed by atoms with Crippen molar-refractivity contribution in [3.05, 3.63) is 12.2 Å². The van der Waals surface area contributed by atoms with E-state index in [1.807, 2.05) is 0 Å². The number of carbonyl (C=O) groups is 3. The molecule has 0 fully saturated rings. The van der Waals surface area contributed by atoms with Crippen LogP contribution in [0.3, 0.4) is 0 Å². The van der Waals surface area contributed by atoms with E-state index in [0.717, 1.165) is 64.2 Å². The van der Waals surface area contributed by atoms with E-state index in [1.54, 1.807) is 0 Å². The maximum Gasteiger partial charge on any atom is 0.310 e. The first kappa shape index (κ1) is 27.2. The summed E-state index contributed by atoms with van der Waals surface area (Å²) in [7, 11) is 4.20. The maximum atomic E-state index is 12.7. The SMILES string of the molecule is CCCCCCC1C=CC(CCCCCCCC(=O)OC)C(C(=O)OC)C1C(=O)OC. The van der Waals surface area contributed by atoms with Gasteiger partial charge in [0.1, 0.15) is 0 Å². The minimum absolute atomic E-state index is 0.0153. The number of hydrogen-bond acceptors (Lipinski definition) is 6. The summed E-state index contributed by atoms with van der Waals surface area (Å²) in [6.07, 6.45) is 15.8. The Morgan fingerprint density at radius 1 is 0.645 bits per heavy atom. The Balaban J connectivity index is 2.69. The van der Waals surface area contributed by atoms with E-state index in [-0.39, 0.29) is 29.7 Å². The van der Waals surface area contributed by atoms with Crippen LogP contribution in [0.5, 0.6) is 0 Å². The van der Waals surface area contributed by atoms with Crippen molar-refractivity contribution in [2.45, 2.75) is 84.0 Å². The normalized spacial score (nSPS) is 22.7. The van der Waals surface area contributed by atoms with Crippen LogP contribution in [-0.2, 0) is 28.6 Å². The molecule has 6 nitrogen and oxygen atoms in total. The maximum absolute atomic E-state index is 12.7. The summed E-state index contributed by atoms with van der Waals surface area (Å²) >= 11 is 0. The van der Waals surface area contributed by atoms with Crippen LogP contribution in [0.4, 0.5) is 0 Å². The van der Waals surface area contributed by atoms with Gasteiger partial charge in [-0.25, -0.2) is 0 Å². The van der Waals surface area contributed by atoms with Crippen molar-refractivity contribution in [3.8, 4) is 0 Å². The van der Waals surface area contributed by atoms with Crippen LogP contribution < -0.4 is 0 Å². The standard InChI is InChI=1S/C25H42O6/c1-5-6-7-11-14-19-17-18-20(15-12-9-8-10-13-16-21(26)29-2)23(25(28)31-4)22(19)24(27)30-3/h17-20,22-23H,5-16H2,1-4H3. The lowest BCUT2D eigenvalue weighted by molar-refractivity contribution is -0.162. The third-order valence-electron chi connectivity index (χ3n) is 6.40. The van der Waals surface area contributed by atoms with Gasteiger partial charge < -0.3 is 14.2 Å². The molecular formula is C25H42O6. The average Bonchev–Trinajstić information content (AvgIpc) is 2.79. The van der Waals surface area contributed by atoms with Gasteiger partial charge >= 0.3 is 17.9 Å². The van der Waals surface area contributed by atoms with Gasteiger partial charge in [-0.15, -0.1) is 0 Å². The quantitative estimate of drug-likeness (QED) is 0.151. The smallest absolute Gasteiger partial charge is 0.310 e. The molecule has 0 aliphatic heterocycles. The van der Waals surface area contributed by atoms with Gasteiger partial charge in [0.2, 0.25) is 0 Å². The zero-order valence-corrected chi connectivity index (χ0v) is 19.9. The predicted molar refractivity (Wildman–Crippen MR) is 120 cm³/mol. The monoisotopic (exact) mass is 438 g/mol. The molecule has 4 atom stereocenters. The minimum Gasteiger partial charge on any atom is -0.469 e. The highest BCUT2D eigenvalue weighted by Crippen LogP contribution is 2.40. The van der Waals surface area contributed by atoms with Crippen LogP contribution in [0.15, 0.2) is 12.2 Å². The van der Waals surface area contributed by atoms with Gasteiger partial charge in [-0.2, -0.15) is 0 Å². The topological polar surface area (TPSA) is 78.9 Å². The molecule has 0 bridgehead atoms. The second-order valence-corrected chi connectivity index (χ2v) is 8.54. The third-order valence-corrected chi connectivity index (χ3v) is 6.40. The van der Waals surface area contributed by atoms with E-state index in [0.29, 0.717) is 6.42 Å². The molecule has 31 heavy (non-hydrogen) atoms. The highest BCUT2D eigenvalue weighted by atomic mass is 16.5. The van der Waals surface area contributed by atoms with Gasteiger partial charge in [-0.05, 0) is 31.1 Å². The molecule has 0 aromatic heterocycles. The first-order valence-electron chi connectivity index (χ1n) is 11.9. The highest BCUT2D eigenvalue weighted by molar-refractivity contribution is 5.83. The largest absolute Gasteiger partial charge is 0.469 e. The number of methoxy groups -OCH3 is 3. The van der Waals surface area contributed by atoms with Crippen LogP contribution in [0.1, 0.15) is 84.0 Å². The summed E-state index contributed by atoms with van der Waals surface area (Å²) in [6, 6.07) is 0. The summed E-state index contributed by atoms with van der Waals surface area (Å²) in [6.45, 7) is 2.18. The van der Waals surface area contributed by atoms with Crippen molar-refractivity contribution in [1.29, 1.82) is 0 Å². The molecule has 0 saturated carbocycles. The lowest BCUT2D eigenvalue weighted by Crippen LogP contribution is -2.42. The summed E-state index contributed by atoms with van der Waals surface area (Å²) < 4.78 is 14.9. The molecule has 6 heteroatoms. The molecule has 0 heterocycles. The molecule has 0 saturated heterocycles. The molecule has 0 spiro atoms. The van der Waals surface area contributed by atoms with Gasteiger partial charge in [0.15, 0.2) is 0 Å². The molecule has 178 valence electrons. The summed E-state index contributed by atoms with van der Waals surface area (Å²) in [5.74, 6) is -1.76. The first-order valence-corrected chi connectivity index (χ1v) is 11.9. The number of ether oxygens (including phenoxy) is 3. The highest BCUT2D eigenvalue weighted by Gasteiger charge is 2.45. The van der Waals surface area contributed by atoms with Crippen molar-refractivity contribution >= 4 is 17.9 Å².